The highest BCUT2D eigenvalue weighted by Crippen LogP contribution is 2.22. The molecular formula is C12H11N5O3. The summed E-state index contributed by atoms with van der Waals surface area (Å²) >= 11 is 0. The molecule has 1 aliphatic heterocycles. The zero-order valence-electron chi connectivity index (χ0n) is 10.4. The first kappa shape index (κ1) is 12.3. The van der Waals surface area contributed by atoms with Gasteiger partial charge in [-0.05, 0) is 12.1 Å². The van der Waals surface area contributed by atoms with E-state index in [1.54, 1.807) is 29.4 Å². The van der Waals surface area contributed by atoms with E-state index in [4.69, 9.17) is 5.11 Å². The second-order valence-electron chi connectivity index (χ2n) is 4.49. The Morgan fingerprint density at radius 1 is 1.25 bits per heavy atom. The van der Waals surface area contributed by atoms with Crippen molar-refractivity contribution < 1.29 is 14.7 Å². The predicted octanol–water partition coefficient (Wildman–Crippen LogP) is 0.0684. The normalized spacial score (nSPS) is 14.9. The number of rotatable bonds is 3. The highest BCUT2D eigenvalue weighted by Gasteiger charge is 2.33. The van der Waals surface area contributed by atoms with Crippen molar-refractivity contribution in [2.75, 3.05) is 13.1 Å². The lowest BCUT2D eigenvalue weighted by Crippen LogP contribution is -2.50. The molecule has 1 N–H and O–H groups in total. The molecule has 0 spiro atoms. The van der Waals surface area contributed by atoms with Crippen molar-refractivity contribution >= 4 is 11.9 Å². The van der Waals surface area contributed by atoms with E-state index in [0.29, 0.717) is 18.7 Å². The van der Waals surface area contributed by atoms with E-state index < -0.39 is 5.97 Å². The molecule has 8 heteroatoms. The lowest BCUT2D eigenvalue weighted by atomic mass is 10.1. The smallest absolute Gasteiger partial charge is 0.358 e. The Balaban J connectivity index is 1.63. The van der Waals surface area contributed by atoms with Gasteiger partial charge in [0.1, 0.15) is 0 Å². The van der Waals surface area contributed by atoms with E-state index >= 15 is 0 Å². The SMILES string of the molecule is O=C(O)c1cn(C2CN(C(=O)c3ccncc3)C2)nn1. The van der Waals surface area contributed by atoms with Gasteiger partial charge in [-0.15, -0.1) is 5.10 Å². The van der Waals surface area contributed by atoms with E-state index in [0.717, 1.165) is 0 Å². The molecule has 0 bridgehead atoms. The molecule has 0 aliphatic carbocycles. The average Bonchev–Trinajstić information content (AvgIpc) is 2.87. The average molecular weight is 273 g/mol. The Morgan fingerprint density at radius 3 is 2.55 bits per heavy atom. The summed E-state index contributed by atoms with van der Waals surface area (Å²) in [6.07, 6.45) is 4.52. The van der Waals surface area contributed by atoms with Crippen LogP contribution in [-0.4, -0.2) is 55.0 Å². The number of carboxylic acids is 1. The van der Waals surface area contributed by atoms with Crippen molar-refractivity contribution in [2.45, 2.75) is 6.04 Å². The summed E-state index contributed by atoms with van der Waals surface area (Å²) in [4.78, 5) is 28.3. The first-order valence-corrected chi connectivity index (χ1v) is 5.99. The fourth-order valence-electron chi connectivity index (χ4n) is 2.02. The second-order valence-corrected chi connectivity index (χ2v) is 4.49. The molecule has 0 radical (unpaired) electrons. The minimum Gasteiger partial charge on any atom is -0.476 e. The first-order valence-electron chi connectivity index (χ1n) is 5.99. The number of hydrogen-bond acceptors (Lipinski definition) is 5. The number of amides is 1. The number of nitrogens with zero attached hydrogens (tertiary/aromatic N) is 5. The summed E-state index contributed by atoms with van der Waals surface area (Å²) < 4.78 is 1.49. The van der Waals surface area contributed by atoms with E-state index in [-0.39, 0.29) is 17.6 Å². The second kappa shape index (κ2) is 4.72. The number of aromatic carboxylic acids is 1. The third-order valence-electron chi connectivity index (χ3n) is 3.18. The number of likely N-dealkylation sites (tertiary alicyclic amines) is 1. The van der Waals surface area contributed by atoms with Crippen molar-refractivity contribution in [1.82, 2.24) is 24.9 Å². The van der Waals surface area contributed by atoms with Crippen LogP contribution < -0.4 is 0 Å². The molecule has 1 fully saturated rings. The van der Waals surface area contributed by atoms with Crippen LogP contribution in [0.3, 0.4) is 0 Å². The Labute approximate surface area is 113 Å². The molecule has 0 atom stereocenters. The highest BCUT2D eigenvalue weighted by molar-refractivity contribution is 5.94. The van der Waals surface area contributed by atoms with Crippen LogP contribution in [0.25, 0.3) is 0 Å². The number of carboxylic acid groups (broad SMARTS) is 1. The van der Waals surface area contributed by atoms with Crippen LogP contribution in [0.4, 0.5) is 0 Å². The zero-order chi connectivity index (χ0) is 14.1. The summed E-state index contributed by atoms with van der Waals surface area (Å²) in [5.74, 6) is -1.18. The lowest BCUT2D eigenvalue weighted by Gasteiger charge is -2.38. The fraction of sp³-hybridized carbons (Fsp3) is 0.250. The summed E-state index contributed by atoms with van der Waals surface area (Å²) in [5, 5.41) is 16.1. The maximum atomic E-state index is 12.1. The van der Waals surface area contributed by atoms with Crippen LogP contribution in [0.5, 0.6) is 0 Å². The summed E-state index contributed by atoms with van der Waals surface area (Å²) in [7, 11) is 0. The van der Waals surface area contributed by atoms with E-state index in [1.165, 1.54) is 10.9 Å². The van der Waals surface area contributed by atoms with Gasteiger partial charge in [0.25, 0.3) is 5.91 Å². The van der Waals surface area contributed by atoms with Gasteiger partial charge in [-0.1, -0.05) is 5.21 Å². The quantitative estimate of drug-likeness (QED) is 0.849. The number of aromatic nitrogens is 4. The Hall–Kier alpha value is -2.77. The van der Waals surface area contributed by atoms with Gasteiger partial charge in [0.15, 0.2) is 5.69 Å². The molecule has 2 aromatic heterocycles. The van der Waals surface area contributed by atoms with Crippen LogP contribution in [0, 0.1) is 0 Å². The molecule has 1 amide bonds. The zero-order valence-corrected chi connectivity index (χ0v) is 10.4. The number of pyridine rings is 1. The maximum absolute atomic E-state index is 12.1. The molecular weight excluding hydrogens is 262 g/mol. The Morgan fingerprint density at radius 2 is 1.95 bits per heavy atom. The minimum absolute atomic E-state index is 0.0265. The molecule has 3 rings (SSSR count). The van der Waals surface area contributed by atoms with Gasteiger partial charge in [0.05, 0.1) is 12.2 Å². The summed E-state index contributed by atoms with van der Waals surface area (Å²) in [5.41, 5.74) is 0.493. The van der Waals surface area contributed by atoms with E-state index in [2.05, 4.69) is 15.3 Å². The standard InChI is InChI=1S/C12H11N5O3/c18-11(8-1-3-13-4-2-8)16-5-9(6-16)17-7-10(12(19)20)14-15-17/h1-4,7,9H,5-6H2,(H,19,20). The van der Waals surface area contributed by atoms with Crippen LogP contribution >= 0.6 is 0 Å². The molecule has 8 nitrogen and oxygen atoms in total. The van der Waals surface area contributed by atoms with Crippen molar-refractivity contribution in [3.8, 4) is 0 Å². The topological polar surface area (TPSA) is 101 Å². The Bertz CT molecular complexity index is 648. The molecule has 0 aromatic carbocycles. The molecule has 1 saturated heterocycles. The molecule has 102 valence electrons. The van der Waals surface area contributed by atoms with Gasteiger partial charge in [-0.25, -0.2) is 9.48 Å². The van der Waals surface area contributed by atoms with Gasteiger partial charge < -0.3 is 10.0 Å². The van der Waals surface area contributed by atoms with Gasteiger partial charge in [-0.2, -0.15) is 0 Å². The van der Waals surface area contributed by atoms with Gasteiger partial charge >= 0.3 is 5.97 Å². The molecule has 3 heterocycles. The molecule has 20 heavy (non-hydrogen) atoms. The third kappa shape index (κ3) is 2.11. The number of hydrogen-bond donors (Lipinski definition) is 1. The number of carbonyl (C=O) groups excluding carboxylic acids is 1. The number of carbonyl (C=O) groups is 2. The highest BCUT2D eigenvalue weighted by atomic mass is 16.4. The maximum Gasteiger partial charge on any atom is 0.358 e. The Kier molecular flexibility index (Phi) is 2.90. The van der Waals surface area contributed by atoms with Gasteiger partial charge in [0, 0.05) is 31.0 Å². The molecule has 1 aliphatic rings. The molecule has 0 unspecified atom stereocenters. The van der Waals surface area contributed by atoms with Crippen LogP contribution in [-0.2, 0) is 0 Å². The minimum atomic E-state index is -1.11. The molecule has 0 saturated carbocycles. The third-order valence-corrected chi connectivity index (χ3v) is 3.18. The molecule has 2 aromatic rings. The van der Waals surface area contributed by atoms with Crippen LogP contribution in [0.15, 0.2) is 30.7 Å². The van der Waals surface area contributed by atoms with Gasteiger partial charge in [-0.3, -0.25) is 9.78 Å². The van der Waals surface area contributed by atoms with E-state index in [1.807, 2.05) is 0 Å². The first-order chi connectivity index (χ1) is 9.65. The summed E-state index contributed by atoms with van der Waals surface area (Å²) in [6, 6.07) is 3.29. The van der Waals surface area contributed by atoms with Crippen molar-refractivity contribution in [1.29, 1.82) is 0 Å². The lowest BCUT2D eigenvalue weighted by molar-refractivity contribution is 0.0497. The monoisotopic (exact) mass is 273 g/mol. The van der Waals surface area contributed by atoms with Crippen molar-refractivity contribution in [3.05, 3.63) is 42.0 Å². The predicted molar refractivity (Wildman–Crippen MR) is 66.2 cm³/mol. The van der Waals surface area contributed by atoms with E-state index in [9.17, 15) is 9.59 Å². The van der Waals surface area contributed by atoms with Crippen LogP contribution in [0.2, 0.25) is 0 Å². The van der Waals surface area contributed by atoms with Crippen LogP contribution in [0.1, 0.15) is 26.9 Å². The van der Waals surface area contributed by atoms with Crippen molar-refractivity contribution in [3.63, 3.8) is 0 Å². The fourth-order valence-corrected chi connectivity index (χ4v) is 2.02. The largest absolute Gasteiger partial charge is 0.476 e. The summed E-state index contributed by atoms with van der Waals surface area (Å²) in [6.45, 7) is 0.979. The van der Waals surface area contributed by atoms with Crippen molar-refractivity contribution in [2.24, 2.45) is 0 Å². The van der Waals surface area contributed by atoms with Gasteiger partial charge in [0.2, 0.25) is 0 Å².